The number of nitrogens with two attached hydrogens (primary N) is 1. The molecule has 0 radical (unpaired) electrons. The molecule has 0 heterocycles. The maximum atomic E-state index is 13.8. The van der Waals surface area contributed by atoms with Gasteiger partial charge < -0.3 is 15.4 Å². The standard InChI is InChI=1S/C17H27FN2O/c1-13(17(19)15-5-3-4-6-16(15)18)11-20(2)9-10-21-12-14-7-8-14/h3-6,13-14,17H,7-12,19H2,1-2H3. The Morgan fingerprint density at radius 2 is 2.10 bits per heavy atom. The average Bonchev–Trinajstić information content (AvgIpc) is 3.27. The Bertz CT molecular complexity index is 437. The van der Waals surface area contributed by atoms with Crippen LogP contribution in [0.5, 0.6) is 0 Å². The second-order valence-corrected chi connectivity index (χ2v) is 6.31. The lowest BCUT2D eigenvalue weighted by Crippen LogP contribution is -2.33. The zero-order valence-electron chi connectivity index (χ0n) is 13.1. The van der Waals surface area contributed by atoms with Gasteiger partial charge in [-0.2, -0.15) is 0 Å². The normalized spacial score (nSPS) is 18.0. The van der Waals surface area contributed by atoms with E-state index in [1.54, 1.807) is 12.1 Å². The van der Waals surface area contributed by atoms with Gasteiger partial charge in [-0.05, 0) is 37.8 Å². The highest BCUT2D eigenvalue weighted by atomic mass is 19.1. The van der Waals surface area contributed by atoms with Crippen LogP contribution in [0.1, 0.15) is 31.4 Å². The number of nitrogens with zero attached hydrogens (tertiary/aromatic N) is 1. The highest BCUT2D eigenvalue weighted by Gasteiger charge is 2.21. The van der Waals surface area contributed by atoms with Gasteiger partial charge in [-0.1, -0.05) is 25.1 Å². The minimum Gasteiger partial charge on any atom is -0.380 e. The predicted octanol–water partition coefficient (Wildman–Crippen LogP) is 2.82. The summed E-state index contributed by atoms with van der Waals surface area (Å²) in [5.74, 6) is 0.784. The molecule has 2 N–H and O–H groups in total. The van der Waals surface area contributed by atoms with Crippen LogP contribution in [0.3, 0.4) is 0 Å². The molecule has 21 heavy (non-hydrogen) atoms. The van der Waals surface area contributed by atoms with Crippen molar-refractivity contribution in [3.8, 4) is 0 Å². The van der Waals surface area contributed by atoms with Crippen molar-refractivity contribution in [3.63, 3.8) is 0 Å². The number of halogens is 1. The topological polar surface area (TPSA) is 38.5 Å². The van der Waals surface area contributed by atoms with Gasteiger partial charge in [0.15, 0.2) is 0 Å². The van der Waals surface area contributed by atoms with Crippen molar-refractivity contribution >= 4 is 0 Å². The first-order valence-corrected chi connectivity index (χ1v) is 7.84. The molecule has 2 rings (SSSR count). The molecule has 0 amide bonds. The molecule has 4 heteroatoms. The SMILES string of the molecule is CC(CN(C)CCOCC1CC1)C(N)c1ccccc1F. The smallest absolute Gasteiger partial charge is 0.127 e. The van der Waals surface area contributed by atoms with Crippen LogP contribution < -0.4 is 5.73 Å². The molecular formula is C17H27FN2O. The molecule has 1 saturated carbocycles. The lowest BCUT2D eigenvalue weighted by atomic mass is 9.94. The monoisotopic (exact) mass is 294 g/mol. The molecule has 0 aliphatic heterocycles. The van der Waals surface area contributed by atoms with Crippen LogP contribution in [-0.2, 0) is 4.74 Å². The minimum atomic E-state index is -0.277. The molecular weight excluding hydrogens is 267 g/mol. The molecule has 0 aromatic heterocycles. The lowest BCUT2D eigenvalue weighted by molar-refractivity contribution is 0.0985. The first-order chi connectivity index (χ1) is 10.1. The van der Waals surface area contributed by atoms with Crippen molar-refractivity contribution in [1.82, 2.24) is 4.90 Å². The van der Waals surface area contributed by atoms with Gasteiger partial charge in [-0.15, -0.1) is 0 Å². The van der Waals surface area contributed by atoms with E-state index in [0.29, 0.717) is 5.56 Å². The summed E-state index contributed by atoms with van der Waals surface area (Å²) < 4.78 is 19.4. The Labute approximate surface area is 127 Å². The van der Waals surface area contributed by atoms with Crippen LogP contribution >= 0.6 is 0 Å². The van der Waals surface area contributed by atoms with E-state index in [2.05, 4.69) is 18.9 Å². The van der Waals surface area contributed by atoms with Crippen molar-refractivity contribution < 1.29 is 9.13 Å². The third-order valence-corrected chi connectivity index (χ3v) is 4.14. The molecule has 0 saturated heterocycles. The van der Waals surface area contributed by atoms with E-state index >= 15 is 0 Å². The molecule has 1 aromatic rings. The molecule has 1 aromatic carbocycles. The summed E-state index contributed by atoms with van der Waals surface area (Å²) in [7, 11) is 2.06. The first kappa shape index (κ1) is 16.4. The maximum Gasteiger partial charge on any atom is 0.127 e. The van der Waals surface area contributed by atoms with Crippen LogP contribution in [0, 0.1) is 17.7 Å². The average molecular weight is 294 g/mol. The molecule has 118 valence electrons. The second-order valence-electron chi connectivity index (χ2n) is 6.31. The summed E-state index contributed by atoms with van der Waals surface area (Å²) in [5, 5.41) is 0. The minimum absolute atomic E-state index is 0.190. The zero-order chi connectivity index (χ0) is 15.2. The fourth-order valence-electron chi connectivity index (χ4n) is 2.50. The summed E-state index contributed by atoms with van der Waals surface area (Å²) in [6, 6.07) is 6.49. The van der Waals surface area contributed by atoms with Gasteiger partial charge in [0.1, 0.15) is 5.82 Å². The Kier molecular flexibility index (Phi) is 6.15. The van der Waals surface area contributed by atoms with E-state index in [9.17, 15) is 4.39 Å². The highest BCUT2D eigenvalue weighted by Crippen LogP contribution is 2.28. The summed E-state index contributed by atoms with van der Waals surface area (Å²) in [6.07, 6.45) is 2.65. The summed E-state index contributed by atoms with van der Waals surface area (Å²) in [4.78, 5) is 2.21. The Morgan fingerprint density at radius 1 is 1.38 bits per heavy atom. The number of hydrogen-bond donors (Lipinski definition) is 1. The van der Waals surface area contributed by atoms with E-state index < -0.39 is 0 Å². The van der Waals surface area contributed by atoms with Gasteiger partial charge in [0.25, 0.3) is 0 Å². The number of hydrogen-bond acceptors (Lipinski definition) is 3. The van der Waals surface area contributed by atoms with Crippen molar-refractivity contribution in [2.75, 3.05) is 33.4 Å². The third kappa shape index (κ3) is 5.38. The largest absolute Gasteiger partial charge is 0.380 e. The van der Waals surface area contributed by atoms with E-state index in [4.69, 9.17) is 10.5 Å². The van der Waals surface area contributed by atoms with Gasteiger partial charge in [-0.25, -0.2) is 4.39 Å². The third-order valence-electron chi connectivity index (χ3n) is 4.14. The Hall–Kier alpha value is -0.970. The van der Waals surface area contributed by atoms with Crippen LogP contribution in [0.2, 0.25) is 0 Å². The van der Waals surface area contributed by atoms with Crippen LogP contribution in [0.4, 0.5) is 4.39 Å². The first-order valence-electron chi connectivity index (χ1n) is 7.84. The molecule has 0 bridgehead atoms. The second kappa shape index (κ2) is 7.87. The Morgan fingerprint density at radius 3 is 2.76 bits per heavy atom. The molecule has 3 nitrogen and oxygen atoms in total. The lowest BCUT2D eigenvalue weighted by Gasteiger charge is -2.26. The predicted molar refractivity (Wildman–Crippen MR) is 83.5 cm³/mol. The maximum absolute atomic E-state index is 13.8. The van der Waals surface area contributed by atoms with E-state index in [0.717, 1.165) is 32.2 Å². The van der Waals surface area contributed by atoms with E-state index in [1.807, 2.05) is 6.07 Å². The number of likely N-dealkylation sites (N-methyl/N-ethyl adjacent to an activating group) is 1. The molecule has 2 atom stereocenters. The molecule has 2 unspecified atom stereocenters. The van der Waals surface area contributed by atoms with Gasteiger partial charge in [0, 0.05) is 31.3 Å². The number of rotatable bonds is 9. The van der Waals surface area contributed by atoms with Gasteiger partial charge in [0.2, 0.25) is 0 Å². The molecule has 1 aliphatic carbocycles. The van der Waals surface area contributed by atoms with Gasteiger partial charge in [0.05, 0.1) is 6.61 Å². The number of ether oxygens (including phenoxy) is 1. The van der Waals surface area contributed by atoms with Crippen LogP contribution in [-0.4, -0.2) is 38.3 Å². The van der Waals surface area contributed by atoms with E-state index in [-0.39, 0.29) is 17.8 Å². The highest BCUT2D eigenvalue weighted by molar-refractivity contribution is 5.21. The van der Waals surface area contributed by atoms with Crippen molar-refractivity contribution in [2.45, 2.75) is 25.8 Å². The summed E-state index contributed by atoms with van der Waals surface area (Å²) >= 11 is 0. The summed E-state index contributed by atoms with van der Waals surface area (Å²) in [5.41, 5.74) is 6.79. The van der Waals surface area contributed by atoms with Crippen LogP contribution in [0.25, 0.3) is 0 Å². The fraction of sp³-hybridized carbons (Fsp3) is 0.647. The molecule has 1 aliphatic rings. The van der Waals surface area contributed by atoms with E-state index in [1.165, 1.54) is 18.9 Å². The molecule has 1 fully saturated rings. The van der Waals surface area contributed by atoms with Crippen molar-refractivity contribution in [3.05, 3.63) is 35.6 Å². The van der Waals surface area contributed by atoms with Crippen LogP contribution in [0.15, 0.2) is 24.3 Å². The van der Waals surface area contributed by atoms with Crippen molar-refractivity contribution in [1.29, 1.82) is 0 Å². The number of benzene rings is 1. The zero-order valence-corrected chi connectivity index (χ0v) is 13.1. The Balaban J connectivity index is 1.71. The van der Waals surface area contributed by atoms with Crippen molar-refractivity contribution in [2.24, 2.45) is 17.6 Å². The summed E-state index contributed by atoms with van der Waals surface area (Å²) in [6.45, 7) is 5.45. The molecule has 0 spiro atoms. The fourth-order valence-corrected chi connectivity index (χ4v) is 2.50. The quantitative estimate of drug-likeness (QED) is 0.712. The van der Waals surface area contributed by atoms with Gasteiger partial charge >= 0.3 is 0 Å². The van der Waals surface area contributed by atoms with Gasteiger partial charge in [-0.3, -0.25) is 0 Å².